The van der Waals surface area contributed by atoms with E-state index in [1.54, 1.807) is 0 Å². The van der Waals surface area contributed by atoms with Crippen LogP contribution in [-0.4, -0.2) is 53.7 Å². The van der Waals surface area contributed by atoms with Gasteiger partial charge in [0.2, 0.25) is 0 Å². The molecule has 0 aromatic rings. The fraction of sp³-hybridized carbons (Fsp3) is 0.909. The number of aliphatic hydroxyl groups is 1. The Bertz CT molecular complexity index is 241. The molecular weight excluding hydrogens is 192 g/mol. The van der Waals surface area contributed by atoms with Gasteiger partial charge in [0.25, 0.3) is 0 Å². The normalized spacial score (nSPS) is 27.3. The van der Waals surface area contributed by atoms with E-state index in [9.17, 15) is 4.79 Å². The van der Waals surface area contributed by atoms with Crippen LogP contribution in [0.15, 0.2) is 0 Å². The number of aliphatic hydroxyl groups excluding tert-OH is 1. The summed E-state index contributed by atoms with van der Waals surface area (Å²) in [4.78, 5) is 15.6. The second kappa shape index (κ2) is 4.39. The van der Waals surface area contributed by atoms with Gasteiger partial charge in [0.15, 0.2) is 0 Å². The minimum atomic E-state index is 0.139. The van der Waals surface area contributed by atoms with E-state index >= 15 is 0 Å². The summed E-state index contributed by atoms with van der Waals surface area (Å²) in [5.74, 6) is 0.720. The molecule has 1 saturated heterocycles. The van der Waals surface area contributed by atoms with E-state index in [1.807, 2.05) is 16.8 Å². The monoisotopic (exact) mass is 212 g/mol. The van der Waals surface area contributed by atoms with Crippen molar-refractivity contribution in [3.8, 4) is 0 Å². The van der Waals surface area contributed by atoms with Crippen molar-refractivity contribution in [1.82, 2.24) is 9.80 Å². The van der Waals surface area contributed by atoms with Gasteiger partial charge in [-0.15, -0.1) is 0 Å². The Morgan fingerprint density at radius 1 is 1.47 bits per heavy atom. The van der Waals surface area contributed by atoms with Crippen LogP contribution in [0.25, 0.3) is 0 Å². The van der Waals surface area contributed by atoms with E-state index in [0.29, 0.717) is 19.0 Å². The largest absolute Gasteiger partial charge is 0.396 e. The number of likely N-dealkylation sites (N-methyl/N-ethyl adjacent to an activating group) is 1. The van der Waals surface area contributed by atoms with Crippen LogP contribution in [0.3, 0.4) is 0 Å². The van der Waals surface area contributed by atoms with E-state index in [2.05, 4.69) is 0 Å². The van der Waals surface area contributed by atoms with Gasteiger partial charge in [0.1, 0.15) is 0 Å². The predicted molar refractivity (Wildman–Crippen MR) is 57.6 cm³/mol. The van der Waals surface area contributed by atoms with Crippen LogP contribution >= 0.6 is 0 Å². The van der Waals surface area contributed by atoms with Crippen molar-refractivity contribution < 1.29 is 9.90 Å². The molecule has 15 heavy (non-hydrogen) atoms. The summed E-state index contributed by atoms with van der Waals surface area (Å²) >= 11 is 0. The molecule has 4 heteroatoms. The predicted octanol–water partition coefficient (Wildman–Crippen LogP) is 0.905. The zero-order valence-electron chi connectivity index (χ0n) is 9.35. The lowest BCUT2D eigenvalue weighted by Crippen LogP contribution is -2.39. The zero-order chi connectivity index (χ0) is 10.8. The van der Waals surface area contributed by atoms with Gasteiger partial charge in [-0.1, -0.05) is 6.42 Å². The quantitative estimate of drug-likeness (QED) is 0.752. The average molecular weight is 212 g/mol. The van der Waals surface area contributed by atoms with E-state index in [0.717, 1.165) is 12.5 Å². The smallest absolute Gasteiger partial charge is 0.320 e. The average Bonchev–Trinajstić information content (AvgIpc) is 2.41. The van der Waals surface area contributed by atoms with Crippen LogP contribution in [0.1, 0.15) is 25.7 Å². The molecule has 2 amide bonds. The third kappa shape index (κ3) is 1.95. The second-order valence-electron chi connectivity index (χ2n) is 4.67. The molecule has 4 nitrogen and oxygen atoms in total. The molecule has 1 unspecified atom stereocenters. The zero-order valence-corrected chi connectivity index (χ0v) is 9.35. The Labute approximate surface area is 90.9 Å². The summed E-state index contributed by atoms with van der Waals surface area (Å²) in [7, 11) is 1.91. The van der Waals surface area contributed by atoms with Crippen LogP contribution in [0.5, 0.6) is 0 Å². The number of carbonyl (C=O) groups excluding carboxylic acids is 1. The Morgan fingerprint density at radius 3 is 2.73 bits per heavy atom. The van der Waals surface area contributed by atoms with Crippen LogP contribution in [0.2, 0.25) is 0 Å². The van der Waals surface area contributed by atoms with Crippen LogP contribution in [-0.2, 0) is 0 Å². The molecule has 2 aliphatic rings. The molecule has 0 aromatic carbocycles. The summed E-state index contributed by atoms with van der Waals surface area (Å²) in [5, 5.41) is 8.76. The third-order valence-electron chi connectivity index (χ3n) is 3.76. The first-order valence-corrected chi connectivity index (χ1v) is 5.86. The lowest BCUT2D eigenvalue weighted by molar-refractivity contribution is 0.163. The number of carbonyl (C=O) groups is 1. The SMILES string of the molecule is CN1C(=O)N(CCCO)CC1C1CCC1. The van der Waals surface area contributed by atoms with Crippen molar-refractivity contribution in [2.24, 2.45) is 5.92 Å². The fourth-order valence-corrected chi connectivity index (χ4v) is 2.53. The minimum absolute atomic E-state index is 0.139. The number of hydrogen-bond acceptors (Lipinski definition) is 2. The minimum Gasteiger partial charge on any atom is -0.396 e. The van der Waals surface area contributed by atoms with Crippen molar-refractivity contribution in [2.45, 2.75) is 31.7 Å². The van der Waals surface area contributed by atoms with Gasteiger partial charge < -0.3 is 14.9 Å². The number of nitrogens with zero attached hydrogens (tertiary/aromatic N) is 2. The summed E-state index contributed by atoms with van der Waals surface area (Å²) in [6, 6.07) is 0.560. The van der Waals surface area contributed by atoms with E-state index in [4.69, 9.17) is 5.11 Å². The number of rotatable bonds is 4. The van der Waals surface area contributed by atoms with Gasteiger partial charge in [0.05, 0.1) is 6.04 Å². The maximum absolute atomic E-state index is 11.8. The molecule has 2 fully saturated rings. The van der Waals surface area contributed by atoms with Gasteiger partial charge in [-0.25, -0.2) is 4.79 Å². The molecule has 2 rings (SSSR count). The Balaban J connectivity index is 1.91. The van der Waals surface area contributed by atoms with E-state index in [-0.39, 0.29) is 12.6 Å². The van der Waals surface area contributed by atoms with Gasteiger partial charge in [-0.05, 0) is 25.2 Å². The van der Waals surface area contributed by atoms with Crippen molar-refractivity contribution in [3.05, 3.63) is 0 Å². The number of hydrogen-bond donors (Lipinski definition) is 1. The van der Waals surface area contributed by atoms with Gasteiger partial charge in [-0.3, -0.25) is 0 Å². The van der Waals surface area contributed by atoms with Gasteiger partial charge in [-0.2, -0.15) is 0 Å². The standard InChI is InChI=1S/C11H20N2O2/c1-12-10(9-4-2-5-9)8-13(11(12)15)6-3-7-14/h9-10,14H,2-8H2,1H3. The first-order chi connectivity index (χ1) is 7.24. The summed E-state index contributed by atoms with van der Waals surface area (Å²) in [5.41, 5.74) is 0. The molecule has 1 atom stereocenters. The van der Waals surface area contributed by atoms with E-state index in [1.165, 1.54) is 19.3 Å². The van der Waals surface area contributed by atoms with Crippen LogP contribution in [0, 0.1) is 5.92 Å². The molecule has 0 bridgehead atoms. The number of urea groups is 1. The highest BCUT2D eigenvalue weighted by molar-refractivity contribution is 5.76. The molecule has 1 N–H and O–H groups in total. The molecule has 1 saturated carbocycles. The van der Waals surface area contributed by atoms with E-state index < -0.39 is 0 Å². The molecule has 0 radical (unpaired) electrons. The van der Waals surface area contributed by atoms with Crippen LogP contribution in [0.4, 0.5) is 4.79 Å². The fourth-order valence-electron chi connectivity index (χ4n) is 2.53. The highest BCUT2D eigenvalue weighted by Crippen LogP contribution is 2.34. The van der Waals surface area contributed by atoms with Gasteiger partial charge in [0, 0.05) is 26.7 Å². The summed E-state index contributed by atoms with van der Waals surface area (Å²) < 4.78 is 0. The van der Waals surface area contributed by atoms with Crippen molar-refractivity contribution in [2.75, 3.05) is 26.7 Å². The highest BCUT2D eigenvalue weighted by Gasteiger charge is 2.40. The lowest BCUT2D eigenvalue weighted by atomic mass is 9.79. The van der Waals surface area contributed by atoms with Crippen molar-refractivity contribution in [1.29, 1.82) is 0 Å². The number of amides is 2. The maximum atomic E-state index is 11.8. The molecule has 1 aliphatic heterocycles. The topological polar surface area (TPSA) is 43.8 Å². The molecule has 0 spiro atoms. The van der Waals surface area contributed by atoms with Crippen molar-refractivity contribution in [3.63, 3.8) is 0 Å². The first-order valence-electron chi connectivity index (χ1n) is 5.86. The highest BCUT2D eigenvalue weighted by atomic mass is 16.3. The third-order valence-corrected chi connectivity index (χ3v) is 3.76. The van der Waals surface area contributed by atoms with Crippen molar-refractivity contribution >= 4 is 6.03 Å². The molecule has 86 valence electrons. The molecule has 1 aliphatic carbocycles. The Kier molecular flexibility index (Phi) is 3.14. The summed E-state index contributed by atoms with van der Waals surface area (Å²) in [6.45, 7) is 1.73. The lowest BCUT2D eigenvalue weighted by Gasteiger charge is -2.34. The first kappa shape index (κ1) is 10.7. The Morgan fingerprint density at radius 2 is 2.20 bits per heavy atom. The van der Waals surface area contributed by atoms with Gasteiger partial charge >= 0.3 is 6.03 Å². The Hall–Kier alpha value is -0.770. The van der Waals surface area contributed by atoms with Crippen LogP contribution < -0.4 is 0 Å². The molecule has 0 aromatic heterocycles. The maximum Gasteiger partial charge on any atom is 0.320 e. The molecular formula is C11H20N2O2. The second-order valence-corrected chi connectivity index (χ2v) is 4.67. The summed E-state index contributed by atoms with van der Waals surface area (Å²) in [6.07, 6.45) is 4.56. The molecule has 1 heterocycles.